The minimum absolute atomic E-state index is 0.828. The van der Waals surface area contributed by atoms with Gasteiger partial charge in [-0.25, -0.2) is 0 Å². The topological polar surface area (TPSA) is 0 Å². The Kier molecular flexibility index (Phi) is 1.57. The van der Waals surface area contributed by atoms with Crippen molar-refractivity contribution in [2.24, 2.45) is 0 Å². The molecule has 12 heavy (non-hydrogen) atoms. The van der Waals surface area contributed by atoms with Gasteiger partial charge in [0.05, 0.1) is 0 Å². The fourth-order valence-electron chi connectivity index (χ4n) is 1.27. The molecule has 0 heterocycles. The van der Waals surface area contributed by atoms with E-state index in [0.29, 0.717) is 0 Å². The van der Waals surface area contributed by atoms with Gasteiger partial charge < -0.3 is 0 Å². The molecule has 0 aromatic heterocycles. The lowest BCUT2D eigenvalue weighted by atomic mass is 10.1. The molecule has 2 aromatic rings. The Morgan fingerprint density at radius 3 is 2.42 bits per heavy atom. The largest absolute Gasteiger partial charge is 0.0616 e. The van der Waals surface area contributed by atoms with Crippen LogP contribution in [0.4, 0.5) is 0 Å². The highest BCUT2D eigenvalue weighted by Crippen LogP contribution is 2.14. The smallest absolute Gasteiger partial charge is 0.0261 e. The lowest BCUT2D eigenvalue weighted by Crippen LogP contribution is -1.74. The van der Waals surface area contributed by atoms with E-state index in [2.05, 4.69) is 12.0 Å². The van der Waals surface area contributed by atoms with Crippen LogP contribution < -0.4 is 0 Å². The van der Waals surface area contributed by atoms with Gasteiger partial charge in [-0.05, 0) is 29.3 Å². The van der Waals surface area contributed by atoms with Crippen molar-refractivity contribution in [3.05, 3.63) is 54.5 Å². The van der Waals surface area contributed by atoms with Gasteiger partial charge in [-0.15, -0.1) is 0 Å². The summed E-state index contributed by atoms with van der Waals surface area (Å²) in [4.78, 5) is 0. The van der Waals surface area contributed by atoms with Crippen LogP contribution in [-0.4, -0.2) is 0 Å². The maximum absolute atomic E-state index is 6.97. The molecule has 1 radical (unpaired) electrons. The normalized spacial score (nSPS) is 9.58. The molecule has 0 spiro atoms. The quantitative estimate of drug-likeness (QED) is 0.508. The third-order valence-electron chi connectivity index (χ3n) is 1.89. The highest BCUT2D eigenvalue weighted by atomic mass is 13.9. The molecule has 2 aromatic carbocycles. The van der Waals surface area contributed by atoms with Crippen molar-refractivity contribution < 1.29 is 0 Å². The molecule has 0 N–H and O–H groups in total. The van der Waals surface area contributed by atoms with Gasteiger partial charge in [-0.1, -0.05) is 36.3 Å². The van der Waals surface area contributed by atoms with Gasteiger partial charge in [0.2, 0.25) is 0 Å². The first-order chi connectivity index (χ1) is 5.90. The fourth-order valence-corrected chi connectivity index (χ4v) is 1.27. The lowest BCUT2D eigenvalue weighted by Gasteiger charge is -1.96. The van der Waals surface area contributed by atoms with E-state index < -0.39 is 0 Å². The second-order valence-electron chi connectivity index (χ2n) is 2.69. The number of hydrogen-bond donors (Lipinski definition) is 0. The summed E-state index contributed by atoms with van der Waals surface area (Å²) in [5.41, 5.74) is 0.828. The SMILES string of the molecule is [C]#Cc1ccc2ccccc2c1. The first kappa shape index (κ1) is 6.94. The Labute approximate surface area is 71.8 Å². The molecule has 0 atom stereocenters. The van der Waals surface area contributed by atoms with E-state index >= 15 is 0 Å². The first-order valence-electron chi connectivity index (χ1n) is 3.82. The third-order valence-corrected chi connectivity index (χ3v) is 1.89. The Morgan fingerprint density at radius 1 is 0.917 bits per heavy atom. The van der Waals surface area contributed by atoms with Crippen LogP contribution in [0, 0.1) is 12.3 Å². The Balaban J connectivity index is 2.78. The Hall–Kier alpha value is -1.74. The van der Waals surface area contributed by atoms with Crippen molar-refractivity contribution in [2.75, 3.05) is 0 Å². The summed E-state index contributed by atoms with van der Waals surface area (Å²) in [5, 5.41) is 2.37. The van der Waals surface area contributed by atoms with E-state index in [-0.39, 0.29) is 0 Å². The minimum Gasteiger partial charge on any atom is -0.0616 e. The lowest BCUT2D eigenvalue weighted by molar-refractivity contribution is 1.70. The summed E-state index contributed by atoms with van der Waals surface area (Å²) in [5.74, 6) is 2.37. The van der Waals surface area contributed by atoms with Crippen molar-refractivity contribution in [2.45, 2.75) is 0 Å². The third kappa shape index (κ3) is 1.06. The molecule has 0 saturated heterocycles. The van der Waals surface area contributed by atoms with E-state index in [0.717, 1.165) is 10.9 Å². The van der Waals surface area contributed by atoms with E-state index in [9.17, 15) is 0 Å². The van der Waals surface area contributed by atoms with Crippen LogP contribution in [0.2, 0.25) is 0 Å². The molecule has 0 heteroatoms. The molecule has 55 valence electrons. The molecule has 0 saturated carbocycles. The highest BCUT2D eigenvalue weighted by molar-refractivity contribution is 5.83. The summed E-state index contributed by atoms with van der Waals surface area (Å²) >= 11 is 0. The second-order valence-corrected chi connectivity index (χ2v) is 2.69. The van der Waals surface area contributed by atoms with Crippen molar-refractivity contribution in [3.63, 3.8) is 0 Å². The second kappa shape index (κ2) is 2.71. The summed E-state index contributed by atoms with van der Waals surface area (Å²) < 4.78 is 0. The standard InChI is InChI=1S/C12H7/c1-2-10-7-8-11-5-3-4-6-12(11)9-10/h3-9H. The van der Waals surface area contributed by atoms with Crippen molar-refractivity contribution >= 4 is 10.8 Å². The average molecular weight is 151 g/mol. The van der Waals surface area contributed by atoms with E-state index in [1.54, 1.807) is 0 Å². The van der Waals surface area contributed by atoms with Crippen LogP contribution in [-0.2, 0) is 0 Å². The average Bonchev–Trinajstić information content (AvgIpc) is 2.17. The van der Waals surface area contributed by atoms with Crippen LogP contribution >= 0.6 is 0 Å². The molecule has 0 aliphatic heterocycles. The molecular formula is C12H7. The Morgan fingerprint density at radius 2 is 1.67 bits per heavy atom. The predicted octanol–water partition coefficient (Wildman–Crippen LogP) is 2.78. The zero-order chi connectivity index (χ0) is 8.39. The first-order valence-corrected chi connectivity index (χ1v) is 3.82. The molecule has 0 aliphatic rings. The van der Waals surface area contributed by atoms with Crippen LogP contribution in [0.25, 0.3) is 10.8 Å². The fraction of sp³-hybridized carbons (Fsp3) is 0. The van der Waals surface area contributed by atoms with Gasteiger partial charge in [0.25, 0.3) is 0 Å². The maximum atomic E-state index is 6.97. The van der Waals surface area contributed by atoms with E-state index in [1.165, 1.54) is 5.39 Å². The van der Waals surface area contributed by atoms with Gasteiger partial charge in [-0.3, -0.25) is 0 Å². The molecule has 0 aliphatic carbocycles. The van der Waals surface area contributed by atoms with Crippen molar-refractivity contribution in [1.29, 1.82) is 0 Å². The number of rotatable bonds is 0. The van der Waals surface area contributed by atoms with Crippen molar-refractivity contribution in [3.8, 4) is 5.92 Å². The maximum Gasteiger partial charge on any atom is 0.0261 e. The summed E-state index contributed by atoms with van der Waals surface area (Å²) in [6.07, 6.45) is 6.97. The van der Waals surface area contributed by atoms with Gasteiger partial charge >= 0.3 is 0 Å². The van der Waals surface area contributed by atoms with Crippen LogP contribution in [0.3, 0.4) is 0 Å². The zero-order valence-electron chi connectivity index (χ0n) is 6.54. The zero-order valence-corrected chi connectivity index (χ0v) is 6.54. The molecule has 0 amide bonds. The minimum atomic E-state index is 0.828. The van der Waals surface area contributed by atoms with Crippen molar-refractivity contribution in [1.82, 2.24) is 0 Å². The summed E-state index contributed by atoms with van der Waals surface area (Å²) in [7, 11) is 0. The molecule has 0 nitrogen and oxygen atoms in total. The molecular weight excluding hydrogens is 144 g/mol. The number of fused-ring (bicyclic) bond motifs is 1. The van der Waals surface area contributed by atoms with E-state index in [4.69, 9.17) is 6.42 Å². The molecule has 0 bridgehead atoms. The van der Waals surface area contributed by atoms with Crippen LogP contribution in [0.1, 0.15) is 5.56 Å². The summed E-state index contributed by atoms with van der Waals surface area (Å²) in [6.45, 7) is 0. The van der Waals surface area contributed by atoms with Gasteiger partial charge in [0, 0.05) is 5.56 Å². The highest BCUT2D eigenvalue weighted by Gasteiger charge is 1.91. The Bertz CT molecular complexity index is 447. The van der Waals surface area contributed by atoms with Crippen LogP contribution in [0.5, 0.6) is 0 Å². The monoisotopic (exact) mass is 151 g/mol. The van der Waals surface area contributed by atoms with E-state index in [1.807, 2.05) is 36.4 Å². The predicted molar refractivity (Wildman–Crippen MR) is 50.2 cm³/mol. The van der Waals surface area contributed by atoms with Gasteiger partial charge in [0.1, 0.15) is 0 Å². The molecule has 0 unspecified atom stereocenters. The number of hydrogen-bond acceptors (Lipinski definition) is 0. The molecule has 2 rings (SSSR count). The van der Waals surface area contributed by atoms with Crippen LogP contribution in [0.15, 0.2) is 42.5 Å². The molecule has 0 fully saturated rings. The summed E-state index contributed by atoms with van der Waals surface area (Å²) in [6, 6.07) is 14.0. The number of benzene rings is 2. The van der Waals surface area contributed by atoms with Gasteiger partial charge in [-0.2, -0.15) is 0 Å². The van der Waals surface area contributed by atoms with Gasteiger partial charge in [0.15, 0.2) is 0 Å².